The molecule has 1 aromatic carbocycles. The van der Waals surface area contributed by atoms with Crippen LogP contribution in [-0.2, 0) is 4.74 Å². The van der Waals surface area contributed by atoms with E-state index in [2.05, 4.69) is 0 Å². The number of nitrogen functional groups attached to an aromatic ring is 1. The number of rotatable bonds is 4. The van der Waals surface area contributed by atoms with Crippen molar-refractivity contribution in [3.8, 4) is 11.5 Å². The summed E-state index contributed by atoms with van der Waals surface area (Å²) >= 11 is 0. The highest BCUT2D eigenvalue weighted by Crippen LogP contribution is 2.42. The summed E-state index contributed by atoms with van der Waals surface area (Å²) in [5.74, 6) is 1.46. The second-order valence-electron chi connectivity index (χ2n) is 6.24. The Morgan fingerprint density at radius 1 is 1.24 bits per heavy atom. The predicted molar refractivity (Wildman–Crippen MR) is 82.8 cm³/mol. The zero-order chi connectivity index (χ0) is 14.7. The largest absolute Gasteiger partial charge is 0.497 e. The van der Waals surface area contributed by atoms with E-state index in [4.69, 9.17) is 19.9 Å². The Morgan fingerprint density at radius 3 is 2.76 bits per heavy atom. The van der Waals surface area contributed by atoms with E-state index in [0.717, 1.165) is 12.2 Å². The third kappa shape index (κ3) is 3.26. The number of methoxy groups -OCH3 is 1. The summed E-state index contributed by atoms with van der Waals surface area (Å²) < 4.78 is 17.3. The van der Waals surface area contributed by atoms with Crippen molar-refractivity contribution >= 4 is 5.69 Å². The molecule has 4 heteroatoms. The quantitative estimate of drug-likeness (QED) is 0.862. The van der Waals surface area contributed by atoms with Crippen LogP contribution in [0.4, 0.5) is 5.69 Å². The molecule has 1 saturated heterocycles. The first-order valence-corrected chi connectivity index (χ1v) is 7.95. The maximum atomic E-state index is 6.31. The summed E-state index contributed by atoms with van der Waals surface area (Å²) in [5, 5.41) is 0. The van der Waals surface area contributed by atoms with E-state index in [0.29, 0.717) is 18.0 Å². The van der Waals surface area contributed by atoms with Gasteiger partial charge in [0.15, 0.2) is 0 Å². The van der Waals surface area contributed by atoms with Crippen LogP contribution in [0.2, 0.25) is 0 Å². The van der Waals surface area contributed by atoms with Crippen LogP contribution in [0.25, 0.3) is 0 Å². The Labute approximate surface area is 126 Å². The van der Waals surface area contributed by atoms with Crippen molar-refractivity contribution < 1.29 is 14.2 Å². The summed E-state index contributed by atoms with van der Waals surface area (Å²) in [4.78, 5) is 0. The first-order chi connectivity index (χ1) is 10.2. The zero-order valence-electron chi connectivity index (χ0n) is 12.8. The number of anilines is 1. The van der Waals surface area contributed by atoms with Gasteiger partial charge in [0.2, 0.25) is 0 Å². The minimum Gasteiger partial charge on any atom is -0.497 e. The molecule has 1 aliphatic carbocycles. The molecule has 1 aromatic rings. The summed E-state index contributed by atoms with van der Waals surface area (Å²) in [6, 6.07) is 5.51. The number of nitrogens with two attached hydrogens (primary N) is 1. The van der Waals surface area contributed by atoms with Gasteiger partial charge in [-0.25, -0.2) is 0 Å². The van der Waals surface area contributed by atoms with Crippen molar-refractivity contribution in [1.29, 1.82) is 0 Å². The van der Waals surface area contributed by atoms with Crippen LogP contribution >= 0.6 is 0 Å². The van der Waals surface area contributed by atoms with Gasteiger partial charge in [-0.3, -0.25) is 0 Å². The second-order valence-corrected chi connectivity index (χ2v) is 6.24. The lowest BCUT2D eigenvalue weighted by atomic mass is 9.83. The molecular weight excluding hydrogens is 266 g/mol. The molecule has 1 heterocycles. The maximum absolute atomic E-state index is 6.31. The molecule has 1 unspecified atom stereocenters. The summed E-state index contributed by atoms with van der Waals surface area (Å²) in [6.07, 6.45) is 8.87. The highest BCUT2D eigenvalue weighted by molar-refractivity contribution is 5.56. The Bertz CT molecular complexity index is 483. The van der Waals surface area contributed by atoms with Crippen molar-refractivity contribution in [2.75, 3.05) is 19.5 Å². The Morgan fingerprint density at radius 2 is 2.05 bits per heavy atom. The number of benzene rings is 1. The van der Waals surface area contributed by atoms with E-state index >= 15 is 0 Å². The normalized spacial score (nSPS) is 24.1. The number of hydrogen-bond acceptors (Lipinski definition) is 4. The van der Waals surface area contributed by atoms with Crippen molar-refractivity contribution in [2.45, 2.75) is 56.7 Å². The molecule has 116 valence electrons. The molecule has 3 rings (SSSR count). The predicted octanol–water partition coefficient (Wildman–Crippen LogP) is 3.54. The monoisotopic (exact) mass is 291 g/mol. The van der Waals surface area contributed by atoms with Gasteiger partial charge in [0.05, 0.1) is 24.5 Å². The molecule has 21 heavy (non-hydrogen) atoms. The highest BCUT2D eigenvalue weighted by Gasteiger charge is 2.40. The Kier molecular flexibility index (Phi) is 4.24. The van der Waals surface area contributed by atoms with E-state index in [-0.39, 0.29) is 11.7 Å². The van der Waals surface area contributed by atoms with Crippen molar-refractivity contribution in [2.24, 2.45) is 0 Å². The van der Waals surface area contributed by atoms with Crippen molar-refractivity contribution in [1.82, 2.24) is 0 Å². The average molecular weight is 291 g/mol. The lowest BCUT2D eigenvalue weighted by Crippen LogP contribution is -2.32. The van der Waals surface area contributed by atoms with Crippen molar-refractivity contribution in [3.63, 3.8) is 0 Å². The highest BCUT2D eigenvalue weighted by atomic mass is 16.6. The van der Waals surface area contributed by atoms with Crippen LogP contribution in [0, 0.1) is 0 Å². The topological polar surface area (TPSA) is 53.7 Å². The lowest BCUT2D eigenvalue weighted by Gasteiger charge is -2.33. The minimum absolute atomic E-state index is 0.151. The molecule has 1 aliphatic heterocycles. The third-order valence-corrected chi connectivity index (χ3v) is 4.75. The molecule has 0 radical (unpaired) electrons. The molecule has 0 aromatic heterocycles. The fourth-order valence-electron chi connectivity index (χ4n) is 3.54. The first-order valence-electron chi connectivity index (χ1n) is 7.95. The first kappa shape index (κ1) is 14.5. The molecule has 2 aliphatic rings. The SMILES string of the molecule is COc1ccc(OCC2CCC3(CCCCC3)O2)c(N)c1. The molecule has 1 spiro atoms. The van der Waals surface area contributed by atoms with Crippen LogP contribution in [0.1, 0.15) is 44.9 Å². The summed E-state index contributed by atoms with van der Waals surface area (Å²) in [7, 11) is 1.63. The molecule has 1 atom stereocenters. The lowest BCUT2D eigenvalue weighted by molar-refractivity contribution is -0.0748. The van der Waals surface area contributed by atoms with Gasteiger partial charge in [-0.05, 0) is 37.8 Å². The van der Waals surface area contributed by atoms with Gasteiger partial charge >= 0.3 is 0 Å². The second kappa shape index (κ2) is 6.14. The molecule has 0 amide bonds. The minimum atomic E-state index is 0.151. The number of ether oxygens (including phenoxy) is 3. The van der Waals surface area contributed by atoms with Gasteiger partial charge in [-0.2, -0.15) is 0 Å². The van der Waals surface area contributed by atoms with Crippen LogP contribution in [-0.4, -0.2) is 25.4 Å². The molecule has 1 saturated carbocycles. The zero-order valence-corrected chi connectivity index (χ0v) is 12.8. The Hall–Kier alpha value is -1.42. The maximum Gasteiger partial charge on any atom is 0.142 e. The fourth-order valence-corrected chi connectivity index (χ4v) is 3.54. The van der Waals surface area contributed by atoms with Gasteiger partial charge in [0, 0.05) is 6.07 Å². The average Bonchev–Trinajstić information content (AvgIpc) is 2.89. The van der Waals surface area contributed by atoms with Crippen LogP contribution in [0.15, 0.2) is 18.2 Å². The third-order valence-electron chi connectivity index (χ3n) is 4.75. The van der Waals surface area contributed by atoms with Crippen LogP contribution < -0.4 is 15.2 Å². The van der Waals surface area contributed by atoms with Gasteiger partial charge in [-0.15, -0.1) is 0 Å². The van der Waals surface area contributed by atoms with Gasteiger partial charge in [0.1, 0.15) is 18.1 Å². The van der Waals surface area contributed by atoms with E-state index in [1.165, 1.54) is 38.5 Å². The summed E-state index contributed by atoms with van der Waals surface area (Å²) in [5.41, 5.74) is 6.73. The van der Waals surface area contributed by atoms with E-state index in [9.17, 15) is 0 Å². The molecule has 4 nitrogen and oxygen atoms in total. The van der Waals surface area contributed by atoms with Crippen LogP contribution in [0.5, 0.6) is 11.5 Å². The number of hydrogen-bond donors (Lipinski definition) is 1. The van der Waals surface area contributed by atoms with E-state index < -0.39 is 0 Å². The molecule has 2 N–H and O–H groups in total. The van der Waals surface area contributed by atoms with Gasteiger partial charge < -0.3 is 19.9 Å². The van der Waals surface area contributed by atoms with Crippen molar-refractivity contribution in [3.05, 3.63) is 18.2 Å². The summed E-state index contributed by atoms with van der Waals surface area (Å²) in [6.45, 7) is 0.582. The molecular formula is C17H25NO3. The van der Waals surface area contributed by atoms with Gasteiger partial charge in [-0.1, -0.05) is 19.3 Å². The Balaban J connectivity index is 1.54. The smallest absolute Gasteiger partial charge is 0.142 e. The van der Waals surface area contributed by atoms with Crippen LogP contribution in [0.3, 0.4) is 0 Å². The van der Waals surface area contributed by atoms with Gasteiger partial charge in [0.25, 0.3) is 0 Å². The molecule has 0 bridgehead atoms. The van der Waals surface area contributed by atoms with E-state index in [1.54, 1.807) is 13.2 Å². The fraction of sp³-hybridized carbons (Fsp3) is 0.647. The van der Waals surface area contributed by atoms with E-state index in [1.807, 2.05) is 12.1 Å². The standard InChI is InChI=1S/C17H25NO3/c1-19-13-5-6-16(15(18)11-13)20-12-14-7-10-17(21-14)8-3-2-4-9-17/h5-6,11,14H,2-4,7-10,12,18H2,1H3. The molecule has 2 fully saturated rings.